The third-order valence-electron chi connectivity index (χ3n) is 3.49. The van der Waals surface area contributed by atoms with Gasteiger partial charge in [0, 0.05) is 25.1 Å². The highest BCUT2D eigenvalue weighted by Gasteiger charge is 2.30. The van der Waals surface area contributed by atoms with E-state index >= 15 is 0 Å². The number of carbonyl (C=O) groups excluding carboxylic acids is 2. The van der Waals surface area contributed by atoms with Crippen LogP contribution in [-0.4, -0.2) is 25.2 Å². The van der Waals surface area contributed by atoms with Crippen molar-refractivity contribution >= 4 is 33.2 Å². The number of hydrogen-bond donors (Lipinski definition) is 2. The van der Waals surface area contributed by atoms with Gasteiger partial charge in [0.25, 0.3) is 10.0 Å². The molecule has 9 heteroatoms. The average Bonchev–Trinajstić information content (AvgIpc) is 2.88. The van der Waals surface area contributed by atoms with Gasteiger partial charge in [0.15, 0.2) is 0 Å². The van der Waals surface area contributed by atoms with Crippen LogP contribution in [-0.2, 0) is 19.6 Å². The van der Waals surface area contributed by atoms with Gasteiger partial charge in [-0.1, -0.05) is 0 Å². The maximum absolute atomic E-state index is 12.3. The van der Waals surface area contributed by atoms with Gasteiger partial charge in [0.1, 0.15) is 0 Å². The second-order valence-corrected chi connectivity index (χ2v) is 6.85. The zero-order valence-electron chi connectivity index (χ0n) is 12.4. The molecule has 3 rings (SSSR count). The van der Waals surface area contributed by atoms with E-state index in [2.05, 4.69) is 9.71 Å². The number of rotatable bonds is 4. The molecule has 2 N–H and O–H groups in total. The van der Waals surface area contributed by atoms with Crippen LogP contribution in [0.5, 0.6) is 0 Å². The van der Waals surface area contributed by atoms with Crippen LogP contribution in [0.15, 0.2) is 52.3 Å². The first kappa shape index (κ1) is 15.9. The van der Waals surface area contributed by atoms with E-state index in [0.717, 1.165) is 4.90 Å². The van der Waals surface area contributed by atoms with Crippen molar-refractivity contribution < 1.29 is 18.0 Å². The van der Waals surface area contributed by atoms with Crippen LogP contribution in [0.1, 0.15) is 12.8 Å². The Morgan fingerprint density at radius 3 is 2.08 bits per heavy atom. The van der Waals surface area contributed by atoms with E-state index in [4.69, 9.17) is 0 Å². The number of nitrogens with zero attached hydrogens (tertiary/aromatic N) is 1. The van der Waals surface area contributed by atoms with E-state index < -0.39 is 10.0 Å². The molecule has 1 aliphatic heterocycles. The summed E-state index contributed by atoms with van der Waals surface area (Å²) >= 11 is 0. The molecule has 0 bridgehead atoms. The number of nitrogens with one attached hydrogen (secondary N) is 2. The number of benzene rings is 1. The Hall–Kier alpha value is -2.94. The highest BCUT2D eigenvalue weighted by Crippen LogP contribution is 2.24. The van der Waals surface area contributed by atoms with Crippen molar-refractivity contribution in [1.82, 2.24) is 4.98 Å². The summed E-state index contributed by atoms with van der Waals surface area (Å²) in [5.74, 6) is -0.607. The Kier molecular flexibility index (Phi) is 3.94. The number of amides is 2. The molecule has 0 atom stereocenters. The molecule has 0 unspecified atom stereocenters. The van der Waals surface area contributed by atoms with Gasteiger partial charge in [-0.3, -0.25) is 24.0 Å². The molecular formula is C15H13N3O5S. The highest BCUT2D eigenvalue weighted by atomic mass is 32.2. The summed E-state index contributed by atoms with van der Waals surface area (Å²) in [4.78, 5) is 37.7. The van der Waals surface area contributed by atoms with Crippen molar-refractivity contribution in [3.8, 4) is 0 Å². The van der Waals surface area contributed by atoms with E-state index in [1.165, 1.54) is 42.6 Å². The lowest BCUT2D eigenvalue weighted by Crippen LogP contribution is -2.28. The Bertz CT molecular complexity index is 927. The van der Waals surface area contributed by atoms with Gasteiger partial charge < -0.3 is 4.98 Å². The van der Waals surface area contributed by atoms with Gasteiger partial charge in [-0.05, 0) is 30.3 Å². The van der Waals surface area contributed by atoms with Crippen LogP contribution < -0.4 is 15.2 Å². The van der Waals surface area contributed by atoms with Crippen molar-refractivity contribution in [1.29, 1.82) is 0 Å². The smallest absolute Gasteiger partial charge is 0.261 e. The van der Waals surface area contributed by atoms with Gasteiger partial charge in [-0.25, -0.2) is 8.42 Å². The van der Waals surface area contributed by atoms with E-state index in [-0.39, 0.29) is 40.8 Å². The number of aromatic amines is 1. The van der Waals surface area contributed by atoms with E-state index in [1.807, 2.05) is 0 Å². The largest absolute Gasteiger partial charge is 0.327 e. The lowest BCUT2D eigenvalue weighted by atomic mass is 10.3. The number of pyridine rings is 1. The summed E-state index contributed by atoms with van der Waals surface area (Å²) in [5.41, 5.74) is 0.205. The van der Waals surface area contributed by atoms with Crippen molar-refractivity contribution in [3.05, 3.63) is 52.9 Å². The predicted octanol–water partition coefficient (Wildman–Crippen LogP) is 0.829. The fourth-order valence-corrected chi connectivity index (χ4v) is 3.38. The first-order valence-electron chi connectivity index (χ1n) is 7.04. The molecule has 1 aliphatic rings. The number of H-pyrrole nitrogens is 1. The molecule has 2 aromatic rings. The fraction of sp³-hybridized carbons (Fsp3) is 0.133. The molecule has 0 saturated carbocycles. The van der Waals surface area contributed by atoms with E-state index in [0.29, 0.717) is 5.69 Å². The molecule has 0 radical (unpaired) electrons. The first-order chi connectivity index (χ1) is 11.4. The normalized spacial score (nSPS) is 14.9. The molecule has 2 amide bonds. The molecule has 2 heterocycles. The van der Waals surface area contributed by atoms with Gasteiger partial charge in [0.2, 0.25) is 17.4 Å². The SMILES string of the molecule is O=C1CCC(=O)N1c1ccc(S(=O)(=O)Nc2ccc(=O)[nH]c2)cc1. The fourth-order valence-electron chi connectivity index (χ4n) is 2.33. The highest BCUT2D eigenvalue weighted by molar-refractivity contribution is 7.92. The minimum Gasteiger partial charge on any atom is -0.327 e. The molecule has 1 saturated heterocycles. The monoisotopic (exact) mass is 347 g/mol. The molecule has 1 fully saturated rings. The minimum atomic E-state index is -3.85. The number of sulfonamides is 1. The summed E-state index contributed by atoms with van der Waals surface area (Å²) in [7, 11) is -3.85. The van der Waals surface area contributed by atoms with E-state index in [9.17, 15) is 22.8 Å². The Balaban J connectivity index is 1.84. The third kappa shape index (κ3) is 3.06. The van der Waals surface area contributed by atoms with Gasteiger partial charge in [-0.2, -0.15) is 0 Å². The quantitative estimate of drug-likeness (QED) is 0.795. The van der Waals surface area contributed by atoms with Crippen LogP contribution in [0.25, 0.3) is 0 Å². The van der Waals surface area contributed by atoms with Crippen molar-refractivity contribution in [2.75, 3.05) is 9.62 Å². The van der Waals surface area contributed by atoms with Gasteiger partial charge in [0.05, 0.1) is 16.3 Å². The lowest BCUT2D eigenvalue weighted by Gasteiger charge is -2.14. The predicted molar refractivity (Wildman–Crippen MR) is 86.0 cm³/mol. The summed E-state index contributed by atoms with van der Waals surface area (Å²) in [6, 6.07) is 7.97. The molecule has 124 valence electrons. The maximum atomic E-state index is 12.3. The van der Waals surface area contributed by atoms with Crippen LogP contribution in [0, 0.1) is 0 Å². The standard InChI is InChI=1S/C15H13N3O5S/c19-13-6-1-10(9-16-13)17-24(22,23)12-4-2-11(3-5-12)18-14(20)7-8-15(18)21/h1-6,9,17H,7-8H2,(H,16,19). The number of anilines is 2. The Labute approximate surface area is 137 Å². The summed E-state index contributed by atoms with van der Waals surface area (Å²) in [5, 5.41) is 0. The molecule has 1 aromatic heterocycles. The minimum absolute atomic E-state index is 0.0310. The zero-order valence-corrected chi connectivity index (χ0v) is 13.2. The average molecular weight is 347 g/mol. The zero-order chi connectivity index (χ0) is 17.3. The second-order valence-electron chi connectivity index (χ2n) is 5.16. The first-order valence-corrected chi connectivity index (χ1v) is 8.52. The Morgan fingerprint density at radius 2 is 1.54 bits per heavy atom. The molecule has 0 aliphatic carbocycles. The maximum Gasteiger partial charge on any atom is 0.261 e. The van der Waals surface area contributed by atoms with Crippen molar-refractivity contribution in [2.45, 2.75) is 17.7 Å². The molecule has 1 aromatic carbocycles. The van der Waals surface area contributed by atoms with Crippen LogP contribution in [0.2, 0.25) is 0 Å². The number of hydrogen-bond acceptors (Lipinski definition) is 5. The summed E-state index contributed by atoms with van der Waals surface area (Å²) in [6.45, 7) is 0. The van der Waals surface area contributed by atoms with Gasteiger partial charge in [-0.15, -0.1) is 0 Å². The lowest BCUT2D eigenvalue weighted by molar-refractivity contribution is -0.121. The summed E-state index contributed by atoms with van der Waals surface area (Å²) in [6.07, 6.45) is 1.56. The van der Waals surface area contributed by atoms with Crippen molar-refractivity contribution in [2.24, 2.45) is 0 Å². The summed E-state index contributed by atoms with van der Waals surface area (Å²) < 4.78 is 26.9. The van der Waals surface area contributed by atoms with Crippen LogP contribution in [0.3, 0.4) is 0 Å². The van der Waals surface area contributed by atoms with E-state index in [1.54, 1.807) is 0 Å². The number of carbonyl (C=O) groups is 2. The number of aromatic nitrogens is 1. The van der Waals surface area contributed by atoms with Crippen molar-refractivity contribution in [3.63, 3.8) is 0 Å². The van der Waals surface area contributed by atoms with Crippen LogP contribution in [0.4, 0.5) is 11.4 Å². The third-order valence-corrected chi connectivity index (χ3v) is 4.89. The molecular weight excluding hydrogens is 334 g/mol. The molecule has 8 nitrogen and oxygen atoms in total. The topological polar surface area (TPSA) is 116 Å². The molecule has 24 heavy (non-hydrogen) atoms. The molecule has 0 spiro atoms. The van der Waals surface area contributed by atoms with Gasteiger partial charge >= 0.3 is 0 Å². The second kappa shape index (κ2) is 5.93. The Morgan fingerprint density at radius 1 is 0.917 bits per heavy atom. The number of imide groups is 1. The van der Waals surface area contributed by atoms with Crippen LogP contribution >= 0.6 is 0 Å².